The van der Waals surface area contributed by atoms with E-state index in [1.165, 1.54) is 28.2 Å². The van der Waals surface area contributed by atoms with Gasteiger partial charge in [-0.1, -0.05) is 67.9 Å². The number of alkyl halides is 2. The van der Waals surface area contributed by atoms with Crippen molar-refractivity contribution in [2.24, 2.45) is 16.1 Å². The van der Waals surface area contributed by atoms with Crippen molar-refractivity contribution in [3.05, 3.63) is 83.4 Å². The van der Waals surface area contributed by atoms with Crippen molar-refractivity contribution in [1.82, 2.24) is 29.7 Å². The molecule has 0 aliphatic heterocycles. The van der Waals surface area contributed by atoms with Crippen molar-refractivity contribution in [2.45, 2.75) is 52.2 Å². The maximum absolute atomic E-state index is 13.0. The van der Waals surface area contributed by atoms with Crippen LogP contribution in [0.5, 0.6) is 0 Å². The fourth-order valence-electron chi connectivity index (χ4n) is 5.17. The Balaban J connectivity index is 1.74. The zero-order chi connectivity index (χ0) is 32.1. The molecule has 2 heterocycles. The molecular weight excluding hydrogens is 594 g/mol. The molecule has 2 atom stereocenters. The van der Waals surface area contributed by atoms with E-state index in [2.05, 4.69) is 36.2 Å². The van der Waals surface area contributed by atoms with Crippen LogP contribution in [0.15, 0.2) is 72.2 Å². The highest BCUT2D eigenvalue weighted by molar-refractivity contribution is 6.32. The summed E-state index contributed by atoms with van der Waals surface area (Å²) in [5.41, 5.74) is 8.49. The molecule has 232 valence electrons. The van der Waals surface area contributed by atoms with Crippen LogP contribution in [-0.4, -0.2) is 55.1 Å². The number of rotatable bonds is 12. The Bertz CT molecular complexity index is 1600. The summed E-state index contributed by atoms with van der Waals surface area (Å²) in [7, 11) is 0. The first kappa shape index (κ1) is 32.3. The number of guanidine groups is 1. The van der Waals surface area contributed by atoms with Gasteiger partial charge in [0.1, 0.15) is 6.61 Å². The van der Waals surface area contributed by atoms with Crippen molar-refractivity contribution in [2.75, 3.05) is 6.61 Å². The number of hydrogen-bond donors (Lipinski definition) is 1. The highest BCUT2D eigenvalue weighted by atomic mass is 35.5. The van der Waals surface area contributed by atoms with E-state index in [0.717, 1.165) is 5.56 Å². The van der Waals surface area contributed by atoms with Gasteiger partial charge in [0.05, 0.1) is 40.9 Å². The average molecular weight is 627 g/mol. The summed E-state index contributed by atoms with van der Waals surface area (Å²) < 4.78 is 33.2. The molecule has 0 bridgehead atoms. The highest BCUT2D eigenvalue weighted by Gasteiger charge is 2.34. The number of aliphatic imine (C=N–C) groups is 1. The molecule has 4 aromatic rings. The van der Waals surface area contributed by atoms with Crippen LogP contribution >= 0.6 is 11.6 Å². The van der Waals surface area contributed by atoms with Crippen LogP contribution in [0.4, 0.5) is 8.78 Å². The number of hydrogen-bond acceptors (Lipinski definition) is 7. The van der Waals surface area contributed by atoms with Gasteiger partial charge in [0.2, 0.25) is 6.41 Å². The standard InChI is InChI=1S/C30H33ClF2N8O3/c1-29(2,3)17-30(4,23-8-5-20(6-9-23)22-14-36-41(15-22)27(32)33)37-28(34)39(18-42)26(16-44-19-43)21-7-10-24(31)25(13-21)40-12-11-35-38-40/h5-15,18-19,26-27H,16-17H2,1-4H3,(H2,34,37)/t26?,30-/m1/s1. The normalized spacial score (nSPS) is 14.2. The third kappa shape index (κ3) is 7.46. The summed E-state index contributed by atoms with van der Waals surface area (Å²) in [6, 6.07) is 11.5. The van der Waals surface area contributed by atoms with E-state index >= 15 is 0 Å². The molecule has 4 rings (SSSR count). The number of ether oxygens (including phenoxy) is 1. The zero-order valence-corrected chi connectivity index (χ0v) is 25.4. The fourth-order valence-corrected chi connectivity index (χ4v) is 5.37. The minimum absolute atomic E-state index is 0.106. The van der Waals surface area contributed by atoms with Gasteiger partial charge in [0.25, 0.3) is 6.47 Å². The van der Waals surface area contributed by atoms with Gasteiger partial charge in [-0.25, -0.2) is 14.4 Å². The molecule has 0 aliphatic carbocycles. The number of aromatic nitrogens is 5. The second kappa shape index (κ2) is 13.3. The SMILES string of the molecule is CC(C)(C)C[C@@](C)(N=C(N)N(C=O)C(COC=O)c1ccc(Cl)c(-n2ccnn2)c1)c1ccc(-c2cnn(C(F)F)c2)cc1. The Morgan fingerprint density at radius 2 is 1.86 bits per heavy atom. The zero-order valence-electron chi connectivity index (χ0n) is 24.6. The third-order valence-corrected chi connectivity index (χ3v) is 7.26. The Hall–Kier alpha value is -4.65. The number of nitrogens with two attached hydrogens (primary N) is 1. The van der Waals surface area contributed by atoms with Gasteiger partial charge in [-0.05, 0) is 47.6 Å². The predicted octanol–water partition coefficient (Wildman–Crippen LogP) is 5.52. The second-order valence-electron chi connectivity index (χ2n) is 11.6. The van der Waals surface area contributed by atoms with Gasteiger partial charge in [-0.3, -0.25) is 14.5 Å². The molecule has 0 fully saturated rings. The molecule has 0 radical (unpaired) electrons. The molecule has 2 aromatic heterocycles. The Labute approximate surface area is 258 Å². The highest BCUT2D eigenvalue weighted by Crippen LogP contribution is 2.39. The van der Waals surface area contributed by atoms with Gasteiger partial charge in [-0.2, -0.15) is 13.9 Å². The summed E-state index contributed by atoms with van der Waals surface area (Å²) in [6.07, 6.45) is 6.82. The Morgan fingerprint density at radius 1 is 1.14 bits per heavy atom. The van der Waals surface area contributed by atoms with Crippen molar-refractivity contribution in [1.29, 1.82) is 0 Å². The number of carbonyl (C=O) groups is 2. The molecule has 44 heavy (non-hydrogen) atoms. The Kier molecular flexibility index (Phi) is 9.78. The van der Waals surface area contributed by atoms with Crippen LogP contribution < -0.4 is 5.73 Å². The number of benzene rings is 2. The van der Waals surface area contributed by atoms with E-state index in [9.17, 15) is 18.4 Å². The fraction of sp³-hybridized carbons (Fsp3) is 0.333. The molecule has 0 spiro atoms. The van der Waals surface area contributed by atoms with E-state index < -0.39 is 18.1 Å². The quantitative estimate of drug-likeness (QED) is 0.124. The predicted molar refractivity (Wildman–Crippen MR) is 161 cm³/mol. The van der Waals surface area contributed by atoms with Gasteiger partial charge >= 0.3 is 6.55 Å². The summed E-state index contributed by atoms with van der Waals surface area (Å²) in [5, 5.41) is 11.9. The minimum Gasteiger partial charge on any atom is -0.465 e. The van der Waals surface area contributed by atoms with E-state index in [-0.39, 0.29) is 24.5 Å². The molecule has 11 nitrogen and oxygen atoms in total. The molecule has 1 amide bonds. The summed E-state index contributed by atoms with van der Waals surface area (Å²) in [6.45, 7) is 5.41. The summed E-state index contributed by atoms with van der Waals surface area (Å²) in [5.74, 6) is -0.106. The van der Waals surface area contributed by atoms with Gasteiger partial charge in [0.15, 0.2) is 5.96 Å². The lowest BCUT2D eigenvalue weighted by Crippen LogP contribution is -2.43. The van der Waals surface area contributed by atoms with Crippen molar-refractivity contribution in [3.63, 3.8) is 0 Å². The van der Waals surface area contributed by atoms with Crippen molar-refractivity contribution in [3.8, 4) is 16.8 Å². The lowest BCUT2D eigenvalue weighted by Gasteiger charge is -2.35. The molecule has 2 aromatic carbocycles. The van der Waals surface area contributed by atoms with Crippen LogP contribution in [-0.2, 0) is 19.9 Å². The average Bonchev–Trinajstić information content (AvgIpc) is 3.68. The van der Waals surface area contributed by atoms with E-state index in [0.29, 0.717) is 44.9 Å². The Morgan fingerprint density at radius 3 is 2.43 bits per heavy atom. The maximum Gasteiger partial charge on any atom is 0.333 e. The maximum atomic E-state index is 13.0. The number of carbonyl (C=O) groups excluding carboxylic acids is 2. The lowest BCUT2D eigenvalue weighted by atomic mass is 9.77. The molecule has 2 N–H and O–H groups in total. The molecule has 1 unspecified atom stereocenters. The lowest BCUT2D eigenvalue weighted by molar-refractivity contribution is -0.131. The number of halogens is 3. The monoisotopic (exact) mass is 626 g/mol. The van der Waals surface area contributed by atoms with Crippen LogP contribution in [0.1, 0.15) is 57.8 Å². The van der Waals surface area contributed by atoms with E-state index in [1.807, 2.05) is 19.1 Å². The van der Waals surface area contributed by atoms with Crippen LogP contribution in [0, 0.1) is 5.41 Å². The summed E-state index contributed by atoms with van der Waals surface area (Å²) in [4.78, 5) is 29.8. The molecule has 0 saturated carbocycles. The summed E-state index contributed by atoms with van der Waals surface area (Å²) >= 11 is 6.41. The number of nitrogens with zero attached hydrogens (tertiary/aromatic N) is 7. The van der Waals surface area contributed by atoms with E-state index in [1.54, 1.807) is 36.5 Å². The third-order valence-electron chi connectivity index (χ3n) is 6.94. The van der Waals surface area contributed by atoms with Crippen LogP contribution in [0.25, 0.3) is 16.8 Å². The van der Waals surface area contributed by atoms with E-state index in [4.69, 9.17) is 27.1 Å². The van der Waals surface area contributed by atoms with Crippen LogP contribution in [0.2, 0.25) is 5.02 Å². The molecule has 0 aliphatic rings. The smallest absolute Gasteiger partial charge is 0.333 e. The van der Waals surface area contributed by atoms with Crippen molar-refractivity contribution < 1.29 is 23.1 Å². The van der Waals surface area contributed by atoms with Crippen LogP contribution in [0.3, 0.4) is 0 Å². The van der Waals surface area contributed by atoms with Crippen molar-refractivity contribution >= 4 is 30.4 Å². The molecule has 0 saturated heterocycles. The topological polar surface area (TPSA) is 134 Å². The first-order valence-corrected chi connectivity index (χ1v) is 14.0. The molecule has 14 heteroatoms. The minimum atomic E-state index is -2.74. The number of amides is 1. The first-order chi connectivity index (χ1) is 20.8. The van der Waals surface area contributed by atoms with Gasteiger partial charge in [0, 0.05) is 11.8 Å². The second-order valence-corrected chi connectivity index (χ2v) is 12.0. The largest absolute Gasteiger partial charge is 0.465 e. The van der Waals surface area contributed by atoms with Gasteiger partial charge in [-0.15, -0.1) is 5.10 Å². The first-order valence-electron chi connectivity index (χ1n) is 13.6. The van der Waals surface area contributed by atoms with Gasteiger partial charge < -0.3 is 10.5 Å². The molecular formula is C30H33ClF2N8O3.